The maximum atomic E-state index is 12.5. The van der Waals surface area contributed by atoms with Gasteiger partial charge in [0.05, 0.1) is 18.4 Å². The van der Waals surface area contributed by atoms with E-state index in [1.54, 1.807) is 24.3 Å². The number of benzene rings is 4. The average molecular weight is 804 g/mol. The summed E-state index contributed by atoms with van der Waals surface area (Å²) in [5, 5.41) is 17.9. The Morgan fingerprint density at radius 1 is 0.709 bits per heavy atom. The molecule has 2 aliphatic rings. The monoisotopic (exact) mass is 802 g/mol. The van der Waals surface area contributed by atoms with E-state index in [4.69, 9.17) is 19.7 Å². The van der Waals surface area contributed by atoms with Gasteiger partial charge >= 0.3 is 35.0 Å². The third-order valence-corrected chi connectivity index (χ3v) is 8.20. The van der Waals surface area contributed by atoms with Crippen LogP contribution in [0.5, 0.6) is 11.5 Å². The summed E-state index contributed by atoms with van der Waals surface area (Å²) in [6, 6.07) is 26.2. The zero-order chi connectivity index (χ0) is 36.9. The molecular formula is C43H52Cl2MgN2O7. The number of ketones is 1. The number of carbonyl (C=O) groups is 3. The fourth-order valence-corrected chi connectivity index (χ4v) is 5.74. The fraction of sp³-hybridized carbons (Fsp3) is 0.302. The van der Waals surface area contributed by atoms with E-state index in [0.717, 1.165) is 65.1 Å². The molecule has 0 unspecified atom stereocenters. The van der Waals surface area contributed by atoms with Gasteiger partial charge in [0.2, 0.25) is 0 Å². The van der Waals surface area contributed by atoms with Crippen molar-refractivity contribution in [2.45, 2.75) is 46.3 Å². The first-order valence-corrected chi connectivity index (χ1v) is 16.9. The van der Waals surface area contributed by atoms with E-state index in [2.05, 4.69) is 49.0 Å². The minimum absolute atomic E-state index is 0. The molecule has 0 saturated heterocycles. The topological polar surface area (TPSA) is 117 Å². The van der Waals surface area contributed by atoms with Gasteiger partial charge in [-0.15, -0.1) is 12.4 Å². The van der Waals surface area contributed by atoms with Crippen LogP contribution in [-0.2, 0) is 35.6 Å². The molecule has 55 heavy (non-hydrogen) atoms. The van der Waals surface area contributed by atoms with Crippen LogP contribution in [0.3, 0.4) is 0 Å². The van der Waals surface area contributed by atoms with Crippen LogP contribution in [0.4, 0.5) is 0 Å². The van der Waals surface area contributed by atoms with Crippen LogP contribution < -0.4 is 21.9 Å². The fourth-order valence-electron chi connectivity index (χ4n) is 5.74. The molecule has 4 aromatic carbocycles. The molecule has 0 amide bonds. The Kier molecular flexibility index (Phi) is 23.5. The number of ether oxygens (including phenoxy) is 2. The van der Waals surface area contributed by atoms with E-state index >= 15 is 0 Å². The summed E-state index contributed by atoms with van der Waals surface area (Å²) in [7, 11) is 8.21. The van der Waals surface area contributed by atoms with Crippen LogP contribution in [0.25, 0.3) is 5.57 Å². The second kappa shape index (κ2) is 25.3. The average Bonchev–Trinajstić information content (AvgIpc) is 3.32. The zero-order valence-electron chi connectivity index (χ0n) is 31.3. The molecule has 0 aliphatic carbocycles. The Balaban J connectivity index is 0.000000881. The van der Waals surface area contributed by atoms with Crippen molar-refractivity contribution in [1.82, 2.24) is 9.80 Å². The van der Waals surface area contributed by atoms with Crippen molar-refractivity contribution >= 4 is 58.8 Å². The maximum Gasteiger partial charge on any atom is 2.00 e. The van der Waals surface area contributed by atoms with E-state index in [1.807, 2.05) is 62.6 Å². The maximum absolute atomic E-state index is 12.5. The molecule has 9 nitrogen and oxygen atoms in total. The minimum atomic E-state index is -0.924. The Hall–Kier alpha value is -3.90. The third-order valence-electron chi connectivity index (χ3n) is 8.20. The molecule has 0 radical (unpaired) electrons. The molecule has 292 valence electrons. The van der Waals surface area contributed by atoms with Gasteiger partial charge in [0.25, 0.3) is 0 Å². The van der Waals surface area contributed by atoms with Gasteiger partial charge in [-0.2, -0.15) is 6.42 Å². The van der Waals surface area contributed by atoms with Crippen molar-refractivity contribution in [3.63, 3.8) is 0 Å². The van der Waals surface area contributed by atoms with Gasteiger partial charge in [0, 0.05) is 23.2 Å². The molecule has 0 saturated carbocycles. The van der Waals surface area contributed by atoms with Crippen LogP contribution in [0.2, 0.25) is 0 Å². The van der Waals surface area contributed by atoms with E-state index in [9.17, 15) is 14.4 Å². The van der Waals surface area contributed by atoms with Gasteiger partial charge in [-0.05, 0) is 93.2 Å². The number of halogens is 2. The van der Waals surface area contributed by atoms with Gasteiger partial charge < -0.3 is 48.8 Å². The van der Waals surface area contributed by atoms with Crippen molar-refractivity contribution in [2.24, 2.45) is 0 Å². The van der Waals surface area contributed by atoms with Crippen LogP contribution in [0, 0.1) is 6.92 Å². The molecule has 2 aliphatic heterocycles. The Morgan fingerprint density at radius 2 is 1.16 bits per heavy atom. The summed E-state index contributed by atoms with van der Waals surface area (Å²) in [5.41, 5.74) is 7.66. The first-order chi connectivity index (χ1) is 24.5. The summed E-state index contributed by atoms with van der Waals surface area (Å²) in [6.45, 7) is 6.60. The molecular weight excluding hydrogens is 752 g/mol. The number of carboxylic acid groups (broad SMARTS) is 2. The first kappa shape index (κ1) is 51.1. The molecule has 2 N–H and O–H groups in total. The molecule has 0 aromatic heterocycles. The summed E-state index contributed by atoms with van der Waals surface area (Å²) in [5.74, 6) is -0.567. The quantitative estimate of drug-likeness (QED) is 0.187. The Morgan fingerprint density at radius 3 is 1.64 bits per heavy atom. The van der Waals surface area contributed by atoms with Gasteiger partial charge in [-0.1, -0.05) is 74.2 Å². The van der Waals surface area contributed by atoms with Crippen molar-refractivity contribution in [1.29, 1.82) is 0 Å². The molecule has 0 fully saturated rings. The van der Waals surface area contributed by atoms with Crippen molar-refractivity contribution in [2.75, 3.05) is 41.3 Å². The molecule has 0 atom stereocenters. The van der Waals surface area contributed by atoms with E-state index in [-0.39, 0.29) is 73.9 Å². The van der Waals surface area contributed by atoms with Gasteiger partial charge in [-0.25, -0.2) is 0 Å². The predicted molar refractivity (Wildman–Crippen MR) is 219 cm³/mol. The Labute approximate surface area is 354 Å². The van der Waals surface area contributed by atoms with Crippen molar-refractivity contribution < 1.29 is 46.5 Å². The van der Waals surface area contributed by atoms with Gasteiger partial charge in [0.1, 0.15) is 24.7 Å². The van der Waals surface area contributed by atoms with Crippen molar-refractivity contribution in [3.8, 4) is 11.5 Å². The zero-order valence-corrected chi connectivity index (χ0v) is 34.3. The number of hydrogen-bond acceptors (Lipinski definition) is 7. The number of rotatable bonds is 9. The Bertz CT molecular complexity index is 1880. The summed E-state index contributed by atoms with van der Waals surface area (Å²) in [4.78, 5) is 38.7. The smallest absolute Gasteiger partial charge is 1.00 e. The van der Waals surface area contributed by atoms with Gasteiger partial charge in [0.15, 0.2) is 5.78 Å². The molecule has 4 aromatic rings. The standard InChI is InChI=1S/C21H23NO3.C16H12O4.C5H12N.CH4.2ClH.Mg/c1-22(2)11-5-8-18-17-7-4-3-6-16(17)14-25-20-10-9-15(12-19(18)20)13-21(23)24;17-15(18)8-10-5-6-14-13(7-10)16(19)12-4-2-1-3-11(12)9-20-14;1-4-5-6(2)3;;;;/h3-4,6-10,12H,5,11,13-14H2,1-2H3,(H,23,24);1-7H,8-9H2,(H,17,18);1,4-5H2,2-3H3;1H4;2*1H;/q;;-1;;;;+2/p-1/b18-8-;;;;;;. The normalized spacial score (nSPS) is 12.4. The second-order valence-corrected chi connectivity index (χ2v) is 12.9. The van der Waals surface area contributed by atoms with E-state index in [0.29, 0.717) is 35.7 Å². The van der Waals surface area contributed by atoms with Crippen LogP contribution in [0.1, 0.15) is 69.6 Å². The van der Waals surface area contributed by atoms with Crippen LogP contribution in [-0.4, -0.2) is 102 Å². The van der Waals surface area contributed by atoms with E-state index in [1.165, 1.54) is 0 Å². The molecule has 2 heterocycles. The van der Waals surface area contributed by atoms with Gasteiger partial charge in [-0.3, -0.25) is 14.4 Å². The van der Waals surface area contributed by atoms with E-state index < -0.39 is 11.9 Å². The SMILES string of the molecule is C.CN(C)CC/C=C1/c2ccccc2COc2ccc(CC(=O)O)cc21.Cl.O=C(O)Cc1ccc2c(c1)C(=O)c1ccccc1CO2.[CH2-]CCN(C)C.[Cl-].[Mg+2]. The molecule has 0 bridgehead atoms. The second-order valence-electron chi connectivity index (χ2n) is 12.9. The minimum Gasteiger partial charge on any atom is -1.00 e. The number of carbonyl (C=O) groups excluding carboxylic acids is 1. The number of carboxylic acids is 2. The van der Waals surface area contributed by atoms with Crippen LogP contribution >= 0.6 is 12.4 Å². The third kappa shape index (κ3) is 15.3. The number of fused-ring (bicyclic) bond motifs is 4. The number of aliphatic carboxylic acids is 2. The van der Waals surface area contributed by atoms with Crippen molar-refractivity contribution in [3.05, 3.63) is 142 Å². The first-order valence-electron chi connectivity index (χ1n) is 16.9. The molecule has 0 spiro atoms. The summed E-state index contributed by atoms with van der Waals surface area (Å²) < 4.78 is 11.6. The van der Waals surface area contributed by atoms with Crippen LogP contribution in [0.15, 0.2) is 91.0 Å². The summed E-state index contributed by atoms with van der Waals surface area (Å²) >= 11 is 0. The largest absolute Gasteiger partial charge is 2.00 e. The molecule has 12 heteroatoms. The predicted octanol–water partition coefficient (Wildman–Crippen LogP) is 4.48. The summed E-state index contributed by atoms with van der Waals surface area (Å²) in [6.07, 6.45) is 4.06. The number of nitrogens with zero attached hydrogens (tertiary/aromatic N) is 2. The molecule has 6 rings (SSSR count). The number of hydrogen-bond donors (Lipinski definition) is 2.